The average Bonchev–Trinajstić information content (AvgIpc) is 3.64. The number of fused-ring (bicyclic) bond motifs is 5. The number of ether oxygens (including phenoxy) is 2. The fourth-order valence-electron chi connectivity index (χ4n) is 7.54. The van der Waals surface area contributed by atoms with Crippen molar-refractivity contribution in [1.82, 2.24) is 20.4 Å². The minimum atomic E-state index is -0.591. The number of hydrogen-bond acceptors (Lipinski definition) is 7. The first-order valence-corrected chi connectivity index (χ1v) is 15.6. The predicted octanol–water partition coefficient (Wildman–Crippen LogP) is 2.42. The van der Waals surface area contributed by atoms with Crippen molar-refractivity contribution in [1.29, 1.82) is 0 Å². The molecule has 1 aliphatic carbocycles. The molecule has 4 fully saturated rings. The molecular formula is C31H46N4O5. The minimum absolute atomic E-state index is 0.0365. The third-order valence-electron chi connectivity index (χ3n) is 9.97. The van der Waals surface area contributed by atoms with Crippen LogP contribution in [0.3, 0.4) is 0 Å². The van der Waals surface area contributed by atoms with Gasteiger partial charge in [0.2, 0.25) is 5.91 Å². The van der Waals surface area contributed by atoms with Crippen molar-refractivity contribution in [3.63, 3.8) is 0 Å². The molecule has 0 radical (unpaired) electrons. The van der Waals surface area contributed by atoms with E-state index in [0.717, 1.165) is 32.4 Å². The van der Waals surface area contributed by atoms with Crippen LogP contribution in [-0.4, -0.2) is 103 Å². The summed E-state index contributed by atoms with van der Waals surface area (Å²) in [5, 5.41) is 17.0. The maximum atomic E-state index is 13.7. The standard InChI is InChI=1S/C31H46N4O5/c1-34-13-10-23(11-14-34)35-19-22-17-26(35)31(38)32-18-29-27(36)9-7-24(40-29)12-15-39-28-16-21(20-4-2-3-5-20)6-8-25(28)30(37)33-22/h6,8,16,20,22-24,26-27,29,36H,2-5,7,9-15,17-19H2,1H3,(H,32,38)(H,33,37)/t22-,24-,26-,27-,29+/m0/s1. The summed E-state index contributed by atoms with van der Waals surface area (Å²) >= 11 is 0. The third-order valence-corrected chi connectivity index (χ3v) is 9.97. The molecule has 4 aliphatic heterocycles. The summed E-state index contributed by atoms with van der Waals surface area (Å²) in [6.07, 6.45) is 8.43. The van der Waals surface area contributed by atoms with Crippen LogP contribution in [0.1, 0.15) is 86.0 Å². The Balaban J connectivity index is 1.26. The van der Waals surface area contributed by atoms with Gasteiger partial charge in [0, 0.05) is 31.6 Å². The number of amides is 2. The summed E-state index contributed by atoms with van der Waals surface area (Å²) in [5.74, 6) is 0.997. The third kappa shape index (κ3) is 6.17. The van der Waals surface area contributed by atoms with E-state index in [1.165, 1.54) is 31.2 Å². The van der Waals surface area contributed by atoms with Gasteiger partial charge in [0.05, 0.1) is 30.4 Å². The maximum Gasteiger partial charge on any atom is 0.255 e. The second-order valence-corrected chi connectivity index (χ2v) is 12.7. The number of benzene rings is 1. The Bertz CT molecular complexity index is 1050. The molecule has 40 heavy (non-hydrogen) atoms. The molecule has 4 bridgehead atoms. The molecular weight excluding hydrogens is 508 g/mol. The van der Waals surface area contributed by atoms with E-state index in [-0.39, 0.29) is 30.0 Å². The van der Waals surface area contributed by atoms with Crippen molar-refractivity contribution in [2.45, 2.75) is 107 Å². The van der Waals surface area contributed by atoms with Gasteiger partial charge in [-0.3, -0.25) is 14.5 Å². The van der Waals surface area contributed by atoms with E-state index in [4.69, 9.17) is 9.47 Å². The highest BCUT2D eigenvalue weighted by atomic mass is 16.5. The average molecular weight is 555 g/mol. The number of carbonyl (C=O) groups is 2. The monoisotopic (exact) mass is 554 g/mol. The second kappa shape index (κ2) is 12.3. The van der Waals surface area contributed by atoms with Gasteiger partial charge in [-0.25, -0.2) is 0 Å². The Hall–Kier alpha value is -2.20. The number of nitrogens with zero attached hydrogens (tertiary/aromatic N) is 2. The number of piperidine rings is 1. The number of hydrogen-bond donors (Lipinski definition) is 3. The molecule has 3 N–H and O–H groups in total. The van der Waals surface area contributed by atoms with Gasteiger partial charge in [0.25, 0.3) is 5.91 Å². The first kappa shape index (κ1) is 27.9. The van der Waals surface area contributed by atoms with Crippen molar-refractivity contribution in [2.75, 3.05) is 39.8 Å². The van der Waals surface area contributed by atoms with Crippen LogP contribution >= 0.6 is 0 Å². The molecule has 9 heteroatoms. The number of rotatable bonds is 2. The zero-order valence-corrected chi connectivity index (χ0v) is 23.9. The fourth-order valence-corrected chi connectivity index (χ4v) is 7.54. The van der Waals surface area contributed by atoms with Crippen molar-refractivity contribution in [2.24, 2.45) is 0 Å². The number of aliphatic hydroxyl groups excluding tert-OH is 1. The summed E-state index contributed by atoms with van der Waals surface area (Å²) in [5.41, 5.74) is 1.81. The lowest BCUT2D eigenvalue weighted by Gasteiger charge is -2.38. The van der Waals surface area contributed by atoms with Gasteiger partial charge >= 0.3 is 0 Å². The Morgan fingerprint density at radius 1 is 1.00 bits per heavy atom. The zero-order chi connectivity index (χ0) is 27.6. The van der Waals surface area contributed by atoms with Crippen molar-refractivity contribution >= 4 is 11.8 Å². The summed E-state index contributed by atoms with van der Waals surface area (Å²) in [4.78, 5) is 31.9. The van der Waals surface area contributed by atoms with E-state index in [0.29, 0.717) is 62.2 Å². The molecule has 5 aliphatic rings. The maximum absolute atomic E-state index is 13.7. The van der Waals surface area contributed by atoms with Crippen LogP contribution in [0.4, 0.5) is 0 Å². The minimum Gasteiger partial charge on any atom is -0.493 e. The first-order valence-electron chi connectivity index (χ1n) is 15.6. The molecule has 0 aromatic heterocycles. The largest absolute Gasteiger partial charge is 0.493 e. The van der Waals surface area contributed by atoms with Gasteiger partial charge in [-0.1, -0.05) is 18.9 Å². The van der Waals surface area contributed by atoms with Crippen molar-refractivity contribution in [3.05, 3.63) is 29.3 Å². The highest BCUT2D eigenvalue weighted by Gasteiger charge is 2.42. The summed E-state index contributed by atoms with van der Waals surface area (Å²) in [7, 11) is 2.14. The van der Waals surface area contributed by atoms with Crippen LogP contribution in [0, 0.1) is 0 Å². The zero-order valence-electron chi connectivity index (χ0n) is 23.9. The van der Waals surface area contributed by atoms with Gasteiger partial charge in [-0.2, -0.15) is 0 Å². The molecule has 9 nitrogen and oxygen atoms in total. The number of nitrogens with one attached hydrogen (secondary N) is 2. The molecule has 3 saturated heterocycles. The van der Waals surface area contributed by atoms with Crippen LogP contribution in [0.2, 0.25) is 0 Å². The van der Waals surface area contributed by atoms with Gasteiger partial charge in [0.15, 0.2) is 0 Å². The molecule has 220 valence electrons. The molecule has 2 amide bonds. The molecule has 4 heterocycles. The Morgan fingerprint density at radius 2 is 1.80 bits per heavy atom. The van der Waals surface area contributed by atoms with Crippen LogP contribution in [-0.2, 0) is 9.53 Å². The van der Waals surface area contributed by atoms with Crippen LogP contribution in [0.25, 0.3) is 0 Å². The lowest BCUT2D eigenvalue weighted by atomic mass is 9.95. The van der Waals surface area contributed by atoms with Crippen LogP contribution in [0.15, 0.2) is 18.2 Å². The second-order valence-electron chi connectivity index (χ2n) is 12.7. The predicted molar refractivity (Wildman–Crippen MR) is 152 cm³/mol. The number of aliphatic hydroxyl groups is 1. The Morgan fingerprint density at radius 3 is 2.60 bits per heavy atom. The molecule has 1 aromatic rings. The molecule has 6 rings (SSSR count). The lowest BCUT2D eigenvalue weighted by molar-refractivity contribution is -0.134. The van der Waals surface area contributed by atoms with E-state index in [9.17, 15) is 14.7 Å². The fraction of sp³-hybridized carbons (Fsp3) is 0.742. The molecule has 1 saturated carbocycles. The van der Waals surface area contributed by atoms with Gasteiger partial charge < -0.3 is 30.1 Å². The van der Waals surface area contributed by atoms with Gasteiger partial charge in [-0.05, 0) is 88.7 Å². The van der Waals surface area contributed by atoms with Crippen molar-refractivity contribution in [3.8, 4) is 5.75 Å². The topological polar surface area (TPSA) is 103 Å². The SMILES string of the molecule is CN1CCC(N2C[C@@H]3C[C@H]2C(=O)NC[C@H]2O[C@H](CCOc4cc(C5CCCC5)ccc4C(=O)N3)CC[C@@H]2O)CC1. The number of carbonyl (C=O) groups excluding carboxylic acids is 2. The smallest absolute Gasteiger partial charge is 0.255 e. The van der Waals surface area contributed by atoms with Crippen LogP contribution in [0.5, 0.6) is 5.75 Å². The van der Waals surface area contributed by atoms with E-state index >= 15 is 0 Å². The van der Waals surface area contributed by atoms with Gasteiger partial charge in [0.1, 0.15) is 11.9 Å². The van der Waals surface area contributed by atoms with E-state index in [1.54, 1.807) is 0 Å². The summed E-state index contributed by atoms with van der Waals surface area (Å²) in [6, 6.07) is 5.97. The summed E-state index contributed by atoms with van der Waals surface area (Å²) in [6.45, 7) is 3.39. The molecule has 5 atom stereocenters. The molecule has 1 aromatic carbocycles. The van der Waals surface area contributed by atoms with E-state index in [1.807, 2.05) is 6.07 Å². The van der Waals surface area contributed by atoms with Gasteiger partial charge in [-0.15, -0.1) is 0 Å². The van der Waals surface area contributed by atoms with Crippen LogP contribution < -0.4 is 15.4 Å². The van der Waals surface area contributed by atoms with E-state index in [2.05, 4.69) is 39.6 Å². The Labute approximate surface area is 237 Å². The molecule has 0 spiro atoms. The number of likely N-dealkylation sites (tertiary alicyclic amines) is 2. The normalized spacial score (nSPS) is 33.7. The first-order chi connectivity index (χ1) is 19.4. The quantitative estimate of drug-likeness (QED) is 0.516. The Kier molecular flexibility index (Phi) is 8.63. The summed E-state index contributed by atoms with van der Waals surface area (Å²) < 4.78 is 12.6. The highest BCUT2D eigenvalue weighted by molar-refractivity contribution is 5.97. The molecule has 0 unspecified atom stereocenters. The lowest BCUT2D eigenvalue weighted by Crippen LogP contribution is -2.53. The van der Waals surface area contributed by atoms with Crippen molar-refractivity contribution < 1.29 is 24.2 Å². The highest BCUT2D eigenvalue weighted by Crippen LogP contribution is 2.37. The van der Waals surface area contributed by atoms with E-state index < -0.39 is 12.2 Å².